The summed E-state index contributed by atoms with van der Waals surface area (Å²) in [7, 11) is 0. The Balaban J connectivity index is 1.60. The Kier molecular flexibility index (Phi) is 4.04. The minimum atomic E-state index is -1.08. The van der Waals surface area contributed by atoms with Gasteiger partial charge in [0.2, 0.25) is 11.9 Å². The van der Waals surface area contributed by atoms with E-state index in [2.05, 4.69) is 15.3 Å². The number of carbonyl (C=O) groups is 1. The summed E-state index contributed by atoms with van der Waals surface area (Å²) < 4.78 is 32.0. The summed E-state index contributed by atoms with van der Waals surface area (Å²) in [6.45, 7) is 0.663. The fraction of sp³-hybridized carbons (Fsp3) is 0.105. The van der Waals surface area contributed by atoms with Crippen LogP contribution in [0.1, 0.15) is 15.9 Å². The van der Waals surface area contributed by atoms with E-state index in [-0.39, 0.29) is 11.3 Å². The second-order valence-corrected chi connectivity index (χ2v) is 5.81. The van der Waals surface area contributed by atoms with Crippen LogP contribution in [-0.4, -0.2) is 22.5 Å². The number of pyridine rings is 2. The summed E-state index contributed by atoms with van der Waals surface area (Å²) in [6.07, 6.45) is 3.87. The minimum Gasteiger partial charge on any atom is -0.493 e. The predicted molar refractivity (Wildman–Crippen MR) is 91.0 cm³/mol. The van der Waals surface area contributed by atoms with Gasteiger partial charge >= 0.3 is 0 Å². The highest BCUT2D eigenvalue weighted by Gasteiger charge is 2.15. The molecule has 1 aliphatic rings. The maximum Gasteiger partial charge on any atom is 0.257 e. The molecule has 0 saturated heterocycles. The van der Waals surface area contributed by atoms with Gasteiger partial charge in [-0.2, -0.15) is 13.8 Å². The Morgan fingerprint density at radius 2 is 1.96 bits per heavy atom. The molecule has 5 nitrogen and oxygen atoms in total. The van der Waals surface area contributed by atoms with Gasteiger partial charge in [-0.1, -0.05) is 6.07 Å². The third-order valence-corrected chi connectivity index (χ3v) is 4.09. The van der Waals surface area contributed by atoms with Gasteiger partial charge < -0.3 is 10.1 Å². The molecule has 1 aliphatic heterocycles. The van der Waals surface area contributed by atoms with Gasteiger partial charge in [0.05, 0.1) is 17.9 Å². The molecule has 4 rings (SSSR count). The van der Waals surface area contributed by atoms with E-state index in [1.807, 2.05) is 18.2 Å². The lowest BCUT2D eigenvalue weighted by molar-refractivity contribution is 0.102. The van der Waals surface area contributed by atoms with E-state index < -0.39 is 17.8 Å². The maximum absolute atomic E-state index is 13.6. The van der Waals surface area contributed by atoms with Crippen molar-refractivity contribution in [2.45, 2.75) is 6.42 Å². The maximum atomic E-state index is 13.6. The van der Waals surface area contributed by atoms with E-state index in [1.165, 1.54) is 6.20 Å². The molecule has 0 fully saturated rings. The Morgan fingerprint density at radius 1 is 1.08 bits per heavy atom. The van der Waals surface area contributed by atoms with Gasteiger partial charge in [0.25, 0.3) is 5.91 Å². The van der Waals surface area contributed by atoms with Crippen LogP contribution in [0.15, 0.2) is 48.8 Å². The van der Waals surface area contributed by atoms with E-state index in [0.29, 0.717) is 6.61 Å². The molecule has 7 heteroatoms. The van der Waals surface area contributed by atoms with Crippen LogP contribution in [0.25, 0.3) is 11.1 Å². The number of anilines is 1. The molecular formula is C19H13F2N3O2. The van der Waals surface area contributed by atoms with E-state index in [4.69, 9.17) is 4.74 Å². The van der Waals surface area contributed by atoms with Crippen molar-refractivity contribution < 1.29 is 18.3 Å². The second-order valence-electron chi connectivity index (χ2n) is 5.81. The molecule has 0 unspecified atom stereocenters. The predicted octanol–water partition coefficient (Wildman–Crippen LogP) is 3.61. The van der Waals surface area contributed by atoms with Crippen LogP contribution in [0.3, 0.4) is 0 Å². The highest BCUT2D eigenvalue weighted by atomic mass is 19.1. The fourth-order valence-corrected chi connectivity index (χ4v) is 2.79. The van der Waals surface area contributed by atoms with Gasteiger partial charge in [0.15, 0.2) is 0 Å². The summed E-state index contributed by atoms with van der Waals surface area (Å²) >= 11 is 0. The van der Waals surface area contributed by atoms with Crippen LogP contribution >= 0.6 is 0 Å². The average Bonchev–Trinajstić information content (AvgIpc) is 3.12. The molecule has 1 aromatic carbocycles. The van der Waals surface area contributed by atoms with Crippen LogP contribution in [0.2, 0.25) is 0 Å². The molecule has 0 aliphatic carbocycles. The van der Waals surface area contributed by atoms with Crippen molar-refractivity contribution in [3.05, 3.63) is 71.8 Å². The number of aromatic nitrogens is 2. The molecule has 1 N–H and O–H groups in total. The van der Waals surface area contributed by atoms with Gasteiger partial charge in [0.1, 0.15) is 5.75 Å². The molecule has 1 amide bonds. The van der Waals surface area contributed by atoms with Gasteiger partial charge in [-0.25, -0.2) is 0 Å². The molecule has 0 atom stereocenters. The smallest absolute Gasteiger partial charge is 0.257 e. The normalized spacial score (nSPS) is 12.4. The van der Waals surface area contributed by atoms with Gasteiger partial charge in [-0.15, -0.1) is 0 Å². The summed E-state index contributed by atoms with van der Waals surface area (Å²) in [5.41, 5.74) is 2.83. The number of benzene rings is 1. The van der Waals surface area contributed by atoms with Crippen molar-refractivity contribution in [1.29, 1.82) is 0 Å². The number of nitrogens with one attached hydrogen (secondary N) is 1. The minimum absolute atomic E-state index is 0.198. The van der Waals surface area contributed by atoms with Crippen molar-refractivity contribution in [2.24, 2.45) is 0 Å². The molecule has 26 heavy (non-hydrogen) atoms. The van der Waals surface area contributed by atoms with Crippen molar-refractivity contribution in [3.8, 4) is 16.9 Å². The third kappa shape index (κ3) is 3.11. The number of carbonyl (C=O) groups excluding carboxylic acids is 1. The van der Waals surface area contributed by atoms with E-state index in [1.54, 1.807) is 12.3 Å². The number of hydrogen-bond acceptors (Lipinski definition) is 4. The average molecular weight is 353 g/mol. The van der Waals surface area contributed by atoms with Gasteiger partial charge in [-0.3, -0.25) is 9.78 Å². The molecule has 3 aromatic rings. The third-order valence-electron chi connectivity index (χ3n) is 4.09. The second kappa shape index (κ2) is 6.51. The number of amides is 1. The Bertz CT molecular complexity index is 1010. The Labute approximate surface area is 147 Å². The zero-order chi connectivity index (χ0) is 18.1. The molecule has 3 heterocycles. The standard InChI is InChI=1S/C19H13F2N3O2/c20-17-4-2-15(18(21)24-17)23-19(25)14-8-13(9-22-10-14)11-1-3-16-12(7-11)5-6-26-16/h1-4,7-10H,5-6H2,(H,23,25). The van der Waals surface area contributed by atoms with E-state index >= 15 is 0 Å². The molecule has 2 aromatic heterocycles. The highest BCUT2D eigenvalue weighted by Crippen LogP contribution is 2.30. The molecule has 0 saturated carbocycles. The number of nitrogens with zero attached hydrogens (tertiary/aromatic N) is 2. The molecule has 0 radical (unpaired) electrons. The summed E-state index contributed by atoms with van der Waals surface area (Å²) in [4.78, 5) is 19.5. The van der Waals surface area contributed by atoms with Crippen LogP contribution in [0.4, 0.5) is 14.5 Å². The first kappa shape index (κ1) is 16.1. The largest absolute Gasteiger partial charge is 0.493 e. The molecule has 130 valence electrons. The monoisotopic (exact) mass is 353 g/mol. The van der Waals surface area contributed by atoms with Gasteiger partial charge in [-0.05, 0) is 41.5 Å². The Morgan fingerprint density at radius 3 is 2.81 bits per heavy atom. The van der Waals surface area contributed by atoms with Crippen molar-refractivity contribution in [2.75, 3.05) is 11.9 Å². The first-order valence-electron chi connectivity index (χ1n) is 7.95. The molecule has 0 spiro atoms. The number of rotatable bonds is 3. The fourth-order valence-electron chi connectivity index (χ4n) is 2.79. The first-order valence-corrected chi connectivity index (χ1v) is 7.95. The molecular weight excluding hydrogens is 340 g/mol. The van der Waals surface area contributed by atoms with Crippen LogP contribution < -0.4 is 10.1 Å². The summed E-state index contributed by atoms with van der Waals surface area (Å²) in [5.74, 6) is -1.73. The van der Waals surface area contributed by atoms with Crippen molar-refractivity contribution >= 4 is 11.6 Å². The van der Waals surface area contributed by atoms with Crippen LogP contribution in [-0.2, 0) is 6.42 Å². The zero-order valence-corrected chi connectivity index (χ0v) is 13.5. The Hall–Kier alpha value is -3.35. The zero-order valence-electron chi connectivity index (χ0n) is 13.5. The van der Waals surface area contributed by atoms with Gasteiger partial charge in [0, 0.05) is 24.4 Å². The first-order chi connectivity index (χ1) is 12.6. The van der Waals surface area contributed by atoms with Crippen molar-refractivity contribution in [1.82, 2.24) is 9.97 Å². The van der Waals surface area contributed by atoms with Crippen molar-refractivity contribution in [3.63, 3.8) is 0 Å². The lowest BCUT2D eigenvalue weighted by Crippen LogP contribution is -2.14. The van der Waals surface area contributed by atoms with E-state index in [0.717, 1.165) is 41.0 Å². The topological polar surface area (TPSA) is 64.1 Å². The number of hydrogen-bond donors (Lipinski definition) is 1. The summed E-state index contributed by atoms with van der Waals surface area (Å²) in [5, 5.41) is 2.37. The number of halogens is 2. The van der Waals surface area contributed by atoms with Crippen LogP contribution in [0.5, 0.6) is 5.75 Å². The van der Waals surface area contributed by atoms with E-state index in [9.17, 15) is 13.6 Å². The SMILES string of the molecule is O=C(Nc1ccc(F)nc1F)c1cncc(-c2ccc3c(c2)CCO3)c1. The summed E-state index contributed by atoms with van der Waals surface area (Å²) in [6, 6.07) is 9.54. The number of fused-ring (bicyclic) bond motifs is 1. The lowest BCUT2D eigenvalue weighted by atomic mass is 10.0. The lowest BCUT2D eigenvalue weighted by Gasteiger charge is -2.08. The number of ether oxygens (including phenoxy) is 1. The van der Waals surface area contributed by atoms with Crippen LogP contribution in [0, 0.1) is 11.9 Å². The highest BCUT2D eigenvalue weighted by molar-refractivity contribution is 6.04. The molecule has 0 bridgehead atoms. The quantitative estimate of drug-likeness (QED) is 0.731.